The number of carboxylic acid groups (broad SMARTS) is 1. The van der Waals surface area contributed by atoms with Gasteiger partial charge in [-0.05, 0) is 62.3 Å². The number of likely N-dealkylation sites (N-methyl/N-ethyl adjacent to an activating group) is 1. The van der Waals surface area contributed by atoms with Gasteiger partial charge in [-0.2, -0.15) is 0 Å². The van der Waals surface area contributed by atoms with Crippen molar-refractivity contribution in [1.82, 2.24) is 24.8 Å². The second kappa shape index (κ2) is 14.4. The molecule has 1 aliphatic heterocycles. The largest absolute Gasteiger partial charge is 0.480 e. The highest BCUT2D eigenvalue weighted by Gasteiger charge is 2.22. The molecule has 3 heterocycles. The number of pyridine rings is 1. The van der Waals surface area contributed by atoms with Crippen LogP contribution in [0.2, 0.25) is 0 Å². The van der Waals surface area contributed by atoms with Gasteiger partial charge in [-0.25, -0.2) is 19.7 Å². The molecule has 1 aliphatic rings. The van der Waals surface area contributed by atoms with Crippen molar-refractivity contribution in [2.24, 2.45) is 0 Å². The second-order valence-corrected chi connectivity index (χ2v) is 10.3. The highest BCUT2D eigenvalue weighted by Crippen LogP contribution is 2.26. The number of fused-ring (bicyclic) bond motifs is 1. The predicted octanol–water partition coefficient (Wildman–Crippen LogP) is 3.57. The number of aromatic nitrogens is 3. The first-order valence-electron chi connectivity index (χ1n) is 13.9. The summed E-state index contributed by atoms with van der Waals surface area (Å²) in [6.07, 6.45) is 8.28. The van der Waals surface area contributed by atoms with Crippen molar-refractivity contribution in [2.45, 2.75) is 44.6 Å². The molecule has 2 aromatic heterocycles. The Hall–Kier alpha value is -4.05. The number of unbranched alkanes of at least 4 members (excludes halogenated alkanes) is 1. The maximum Gasteiger partial charge on any atom is 0.326 e. The topological polar surface area (TPSA) is 124 Å². The predicted molar refractivity (Wildman–Crippen MR) is 156 cm³/mol. The van der Waals surface area contributed by atoms with E-state index in [1.807, 2.05) is 35.2 Å². The highest BCUT2D eigenvalue weighted by molar-refractivity contribution is 5.81. The third kappa shape index (κ3) is 8.22. The minimum Gasteiger partial charge on any atom is -0.480 e. The summed E-state index contributed by atoms with van der Waals surface area (Å²) in [4.78, 5) is 41.6. The molecule has 10 heteroatoms. The van der Waals surface area contributed by atoms with E-state index in [1.54, 1.807) is 25.2 Å². The van der Waals surface area contributed by atoms with E-state index >= 15 is 0 Å². The molecule has 212 valence electrons. The number of rotatable bonds is 14. The van der Waals surface area contributed by atoms with E-state index in [-0.39, 0.29) is 12.5 Å². The molecule has 0 radical (unpaired) electrons. The lowest BCUT2D eigenvalue weighted by atomic mass is 10.1. The number of hydrogen-bond acceptors (Lipinski definition) is 8. The van der Waals surface area contributed by atoms with Gasteiger partial charge >= 0.3 is 5.97 Å². The number of nitrogens with one attached hydrogen (secondary N) is 2. The van der Waals surface area contributed by atoms with E-state index in [2.05, 4.69) is 32.7 Å². The molecule has 1 amide bonds. The third-order valence-corrected chi connectivity index (χ3v) is 7.11. The fourth-order valence-corrected chi connectivity index (χ4v) is 4.76. The van der Waals surface area contributed by atoms with Gasteiger partial charge in [0.25, 0.3) is 0 Å². The van der Waals surface area contributed by atoms with Crippen LogP contribution in [0.25, 0.3) is 11.1 Å². The quantitative estimate of drug-likeness (QED) is 0.261. The summed E-state index contributed by atoms with van der Waals surface area (Å²) < 4.78 is 0. The van der Waals surface area contributed by atoms with Crippen LogP contribution in [0.15, 0.2) is 55.0 Å². The van der Waals surface area contributed by atoms with Gasteiger partial charge in [0, 0.05) is 44.6 Å². The molecule has 0 saturated carbocycles. The summed E-state index contributed by atoms with van der Waals surface area (Å²) in [5.74, 6) is 0.498. The van der Waals surface area contributed by atoms with Crippen LogP contribution in [0.3, 0.4) is 0 Å². The number of aryl methyl sites for hydroxylation is 2. The average molecular weight is 546 g/mol. The first kappa shape index (κ1) is 28.9. The lowest BCUT2D eigenvalue weighted by molar-refractivity contribution is -0.138. The number of hydrogen-bond donors (Lipinski definition) is 3. The number of carbonyl (C=O) groups excluding carboxylic acids is 1. The maximum absolute atomic E-state index is 12.5. The van der Waals surface area contributed by atoms with Crippen molar-refractivity contribution in [1.29, 1.82) is 0 Å². The molecule has 0 spiro atoms. The fourth-order valence-electron chi connectivity index (χ4n) is 4.76. The summed E-state index contributed by atoms with van der Waals surface area (Å²) in [6, 6.07) is 13.0. The van der Waals surface area contributed by atoms with Crippen molar-refractivity contribution in [3.8, 4) is 11.1 Å². The number of carboxylic acids is 1. The van der Waals surface area contributed by atoms with Gasteiger partial charge in [-0.1, -0.05) is 36.4 Å². The Labute approximate surface area is 235 Å². The van der Waals surface area contributed by atoms with Gasteiger partial charge in [0.05, 0.1) is 6.54 Å². The molecule has 0 bridgehead atoms. The SMILES string of the molecule is CN(C)C(=O)CN(CCCCc1ccc2c(n1)NCCC2)CC[C@H](Nc1ncncc1-c1ccccc1)C(=O)O. The van der Waals surface area contributed by atoms with Crippen molar-refractivity contribution in [2.75, 3.05) is 50.9 Å². The smallest absolute Gasteiger partial charge is 0.326 e. The second-order valence-electron chi connectivity index (χ2n) is 10.3. The van der Waals surface area contributed by atoms with Crippen LogP contribution in [0.5, 0.6) is 0 Å². The van der Waals surface area contributed by atoms with Crippen LogP contribution in [0.1, 0.15) is 36.9 Å². The van der Waals surface area contributed by atoms with Gasteiger partial charge in [-0.3, -0.25) is 9.69 Å². The van der Waals surface area contributed by atoms with E-state index in [0.717, 1.165) is 61.3 Å². The Bertz CT molecular complexity index is 1270. The van der Waals surface area contributed by atoms with Gasteiger partial charge in [-0.15, -0.1) is 0 Å². The van der Waals surface area contributed by atoms with Crippen LogP contribution >= 0.6 is 0 Å². The van der Waals surface area contributed by atoms with E-state index in [0.29, 0.717) is 25.3 Å². The Morgan fingerprint density at radius 1 is 1.10 bits per heavy atom. The third-order valence-electron chi connectivity index (χ3n) is 7.11. The fraction of sp³-hybridized carbons (Fsp3) is 0.433. The Kier molecular flexibility index (Phi) is 10.4. The summed E-state index contributed by atoms with van der Waals surface area (Å²) in [7, 11) is 3.47. The normalized spacial score (nSPS) is 13.3. The Morgan fingerprint density at radius 3 is 2.70 bits per heavy atom. The lowest BCUT2D eigenvalue weighted by Crippen LogP contribution is -2.40. The van der Waals surface area contributed by atoms with Gasteiger partial charge in [0.1, 0.15) is 24.0 Å². The molecule has 4 rings (SSSR count). The van der Waals surface area contributed by atoms with Crippen molar-refractivity contribution in [3.05, 3.63) is 66.2 Å². The highest BCUT2D eigenvalue weighted by atomic mass is 16.4. The molecular formula is C30H39N7O3. The molecule has 0 aliphatic carbocycles. The Balaban J connectivity index is 1.35. The zero-order chi connectivity index (χ0) is 28.3. The maximum atomic E-state index is 12.5. The van der Waals surface area contributed by atoms with E-state index < -0.39 is 12.0 Å². The molecule has 0 fully saturated rings. The van der Waals surface area contributed by atoms with E-state index in [4.69, 9.17) is 4.98 Å². The number of aliphatic carboxylic acids is 1. The van der Waals surface area contributed by atoms with E-state index in [1.165, 1.54) is 11.9 Å². The summed E-state index contributed by atoms with van der Waals surface area (Å²) in [6.45, 7) is 2.35. The minimum atomic E-state index is -0.969. The van der Waals surface area contributed by atoms with Crippen LogP contribution in [-0.2, 0) is 22.4 Å². The van der Waals surface area contributed by atoms with E-state index in [9.17, 15) is 14.7 Å². The summed E-state index contributed by atoms with van der Waals surface area (Å²) in [5.41, 5.74) is 3.98. The monoisotopic (exact) mass is 545 g/mol. The zero-order valence-electron chi connectivity index (χ0n) is 23.3. The van der Waals surface area contributed by atoms with Gasteiger partial charge < -0.3 is 20.6 Å². The number of nitrogens with zero attached hydrogens (tertiary/aromatic N) is 5. The van der Waals surface area contributed by atoms with Gasteiger partial charge in [0.15, 0.2) is 0 Å². The first-order chi connectivity index (χ1) is 19.4. The molecule has 0 unspecified atom stereocenters. The number of carbonyl (C=O) groups is 2. The van der Waals surface area contributed by atoms with Crippen LogP contribution in [0.4, 0.5) is 11.6 Å². The molecule has 1 atom stereocenters. The summed E-state index contributed by atoms with van der Waals surface area (Å²) in [5, 5.41) is 16.5. The first-order valence-corrected chi connectivity index (χ1v) is 13.9. The van der Waals surface area contributed by atoms with Crippen molar-refractivity contribution in [3.63, 3.8) is 0 Å². The van der Waals surface area contributed by atoms with Crippen LogP contribution in [-0.4, -0.2) is 88.1 Å². The van der Waals surface area contributed by atoms with Crippen molar-refractivity contribution < 1.29 is 14.7 Å². The molecule has 40 heavy (non-hydrogen) atoms. The van der Waals surface area contributed by atoms with Gasteiger partial charge in [0.2, 0.25) is 5.91 Å². The standard InChI is InChI=1S/C30H39N7O3/c1-36(2)27(38)20-37(17-7-6-12-24-14-13-23-11-8-16-32-28(23)34-24)18-15-26(30(39)40)35-29-25(19-31-21-33-29)22-9-4-3-5-10-22/h3-5,9-10,13-14,19,21,26H,6-8,11-12,15-18,20H2,1-2H3,(H,32,34)(H,39,40)(H,31,33,35)/t26-/m0/s1. The molecule has 10 nitrogen and oxygen atoms in total. The molecule has 1 aromatic carbocycles. The molecule has 0 saturated heterocycles. The molecule has 3 aromatic rings. The van der Waals surface area contributed by atoms with Crippen LogP contribution < -0.4 is 10.6 Å². The number of anilines is 2. The average Bonchev–Trinajstić information content (AvgIpc) is 2.97. The summed E-state index contributed by atoms with van der Waals surface area (Å²) >= 11 is 0. The van der Waals surface area contributed by atoms with Crippen LogP contribution in [0, 0.1) is 0 Å². The molecule has 3 N–H and O–H groups in total. The Morgan fingerprint density at radius 2 is 1.93 bits per heavy atom. The van der Waals surface area contributed by atoms with Crippen molar-refractivity contribution >= 4 is 23.5 Å². The molecular weight excluding hydrogens is 506 g/mol. The lowest BCUT2D eigenvalue weighted by Gasteiger charge is -2.25. The number of benzene rings is 1. The zero-order valence-corrected chi connectivity index (χ0v) is 23.3. The minimum absolute atomic E-state index is 0.00979. The number of amides is 1.